The molecule has 6 nitrogen and oxygen atoms in total. The van der Waals surface area contributed by atoms with E-state index in [1.807, 2.05) is 12.1 Å². The van der Waals surface area contributed by atoms with Gasteiger partial charge in [-0.1, -0.05) is 6.07 Å². The van der Waals surface area contributed by atoms with Crippen LogP contribution in [0.5, 0.6) is 0 Å². The Morgan fingerprint density at radius 3 is 2.67 bits per heavy atom. The summed E-state index contributed by atoms with van der Waals surface area (Å²) in [5, 5.41) is 4.29. The summed E-state index contributed by atoms with van der Waals surface area (Å²) in [6.07, 6.45) is 7.94. The first kappa shape index (κ1) is 13.4. The summed E-state index contributed by atoms with van der Waals surface area (Å²) in [5.74, 6) is 0. The number of hydrogen-bond acceptors (Lipinski definition) is 5. The standard InChI is InChI=1S/C14H12N4O2S/c1-21(19,20)14-6-2-5-13(17-14)11-8-16-18(10-11)12-4-3-7-15-9-12/h2-10H,1H3. The summed E-state index contributed by atoms with van der Waals surface area (Å²) < 4.78 is 24.8. The highest BCUT2D eigenvalue weighted by Crippen LogP contribution is 2.19. The molecular formula is C14H12N4O2S. The fraction of sp³-hybridized carbons (Fsp3) is 0.0714. The molecule has 0 bridgehead atoms. The number of pyridine rings is 2. The zero-order valence-corrected chi connectivity index (χ0v) is 12.0. The van der Waals surface area contributed by atoms with Crippen LogP contribution >= 0.6 is 0 Å². The minimum absolute atomic E-state index is 0.0501. The molecule has 0 fully saturated rings. The minimum atomic E-state index is -3.33. The van der Waals surface area contributed by atoms with Gasteiger partial charge in [0.25, 0.3) is 0 Å². The van der Waals surface area contributed by atoms with Gasteiger partial charge in [-0.15, -0.1) is 0 Å². The molecule has 0 aliphatic rings. The summed E-state index contributed by atoms with van der Waals surface area (Å²) in [5.41, 5.74) is 2.13. The molecule has 0 N–H and O–H groups in total. The maximum atomic E-state index is 11.6. The Morgan fingerprint density at radius 2 is 1.95 bits per heavy atom. The topological polar surface area (TPSA) is 77.7 Å². The van der Waals surface area contributed by atoms with Gasteiger partial charge >= 0.3 is 0 Å². The maximum absolute atomic E-state index is 11.6. The third-order valence-corrected chi connectivity index (χ3v) is 3.88. The van der Waals surface area contributed by atoms with Gasteiger partial charge in [0.15, 0.2) is 14.9 Å². The van der Waals surface area contributed by atoms with Crippen molar-refractivity contribution in [2.75, 3.05) is 6.26 Å². The summed E-state index contributed by atoms with van der Waals surface area (Å²) in [4.78, 5) is 8.20. The highest BCUT2D eigenvalue weighted by atomic mass is 32.2. The van der Waals surface area contributed by atoms with Crippen molar-refractivity contribution in [3.8, 4) is 16.9 Å². The Bertz CT molecular complexity index is 873. The first-order valence-corrected chi connectivity index (χ1v) is 8.06. The van der Waals surface area contributed by atoms with Crippen molar-refractivity contribution in [3.63, 3.8) is 0 Å². The summed E-state index contributed by atoms with van der Waals surface area (Å²) in [7, 11) is -3.33. The van der Waals surface area contributed by atoms with Crippen molar-refractivity contribution in [3.05, 3.63) is 55.1 Å². The van der Waals surface area contributed by atoms with Gasteiger partial charge < -0.3 is 0 Å². The van der Waals surface area contributed by atoms with Gasteiger partial charge in [-0.25, -0.2) is 18.1 Å². The van der Waals surface area contributed by atoms with Crippen LogP contribution in [0, 0.1) is 0 Å². The second-order valence-electron chi connectivity index (χ2n) is 4.52. The summed E-state index contributed by atoms with van der Waals surface area (Å²) in [6.45, 7) is 0. The Kier molecular flexibility index (Phi) is 3.26. The number of hydrogen-bond donors (Lipinski definition) is 0. The van der Waals surface area contributed by atoms with Gasteiger partial charge in [0.1, 0.15) is 0 Å². The average Bonchev–Trinajstić information content (AvgIpc) is 2.97. The Balaban J connectivity index is 2.01. The van der Waals surface area contributed by atoms with Gasteiger partial charge in [0.05, 0.1) is 23.8 Å². The number of rotatable bonds is 3. The van der Waals surface area contributed by atoms with Crippen LogP contribution in [-0.4, -0.2) is 34.4 Å². The smallest absolute Gasteiger partial charge is 0.192 e. The number of sulfone groups is 1. The van der Waals surface area contributed by atoms with E-state index < -0.39 is 9.84 Å². The summed E-state index contributed by atoms with van der Waals surface area (Å²) in [6, 6.07) is 8.59. The van der Waals surface area contributed by atoms with Gasteiger partial charge in [0, 0.05) is 24.2 Å². The number of nitrogens with zero attached hydrogens (tertiary/aromatic N) is 4. The molecule has 0 radical (unpaired) electrons. The van der Waals surface area contributed by atoms with Crippen LogP contribution in [0.3, 0.4) is 0 Å². The van der Waals surface area contributed by atoms with E-state index in [0.717, 1.165) is 17.5 Å². The lowest BCUT2D eigenvalue weighted by atomic mass is 10.2. The van der Waals surface area contributed by atoms with E-state index >= 15 is 0 Å². The van der Waals surface area contributed by atoms with Crippen LogP contribution in [0.1, 0.15) is 0 Å². The fourth-order valence-electron chi connectivity index (χ4n) is 1.87. The Labute approximate surface area is 122 Å². The lowest BCUT2D eigenvalue weighted by Gasteiger charge is -2.01. The van der Waals surface area contributed by atoms with E-state index in [1.54, 1.807) is 41.6 Å². The van der Waals surface area contributed by atoms with E-state index in [-0.39, 0.29) is 5.03 Å². The van der Waals surface area contributed by atoms with Crippen LogP contribution < -0.4 is 0 Å². The van der Waals surface area contributed by atoms with E-state index in [9.17, 15) is 8.42 Å². The molecule has 21 heavy (non-hydrogen) atoms. The van der Waals surface area contributed by atoms with Crippen LogP contribution in [-0.2, 0) is 9.84 Å². The van der Waals surface area contributed by atoms with Crippen LogP contribution in [0.4, 0.5) is 0 Å². The van der Waals surface area contributed by atoms with Gasteiger partial charge in [-0.05, 0) is 24.3 Å². The molecule has 3 aromatic rings. The largest absolute Gasteiger partial charge is 0.262 e. The first-order chi connectivity index (χ1) is 10.0. The van der Waals surface area contributed by atoms with Crippen LogP contribution in [0.2, 0.25) is 0 Å². The summed E-state index contributed by atoms with van der Waals surface area (Å²) >= 11 is 0. The fourth-order valence-corrected chi connectivity index (χ4v) is 2.46. The highest BCUT2D eigenvalue weighted by Gasteiger charge is 2.11. The van der Waals surface area contributed by atoms with Crippen molar-refractivity contribution < 1.29 is 8.42 Å². The molecule has 0 aliphatic heterocycles. The molecule has 0 saturated heterocycles. The molecule has 0 spiro atoms. The minimum Gasteiger partial charge on any atom is -0.262 e. The molecule has 0 aromatic carbocycles. The van der Waals surface area contributed by atoms with E-state index in [1.165, 1.54) is 6.07 Å². The van der Waals surface area contributed by atoms with Crippen molar-refractivity contribution in [2.45, 2.75) is 5.03 Å². The Hall–Kier alpha value is -2.54. The molecule has 0 saturated carbocycles. The molecular weight excluding hydrogens is 288 g/mol. The molecule has 3 rings (SSSR count). The van der Waals surface area contributed by atoms with Gasteiger partial charge in [0.2, 0.25) is 0 Å². The predicted molar refractivity (Wildman–Crippen MR) is 77.7 cm³/mol. The monoisotopic (exact) mass is 300 g/mol. The van der Waals surface area contributed by atoms with Crippen LogP contribution in [0.25, 0.3) is 16.9 Å². The first-order valence-electron chi connectivity index (χ1n) is 6.16. The molecule has 0 atom stereocenters. The lowest BCUT2D eigenvalue weighted by Crippen LogP contribution is -2.00. The second kappa shape index (κ2) is 5.10. The predicted octanol–water partition coefficient (Wildman–Crippen LogP) is 1.73. The number of aromatic nitrogens is 4. The average molecular weight is 300 g/mol. The third kappa shape index (κ3) is 2.82. The van der Waals surface area contributed by atoms with Crippen molar-refractivity contribution >= 4 is 9.84 Å². The van der Waals surface area contributed by atoms with E-state index in [2.05, 4.69) is 15.1 Å². The molecule has 0 unspecified atom stereocenters. The van der Waals surface area contributed by atoms with Crippen molar-refractivity contribution in [1.82, 2.24) is 19.7 Å². The molecule has 7 heteroatoms. The molecule has 0 amide bonds. The third-order valence-electron chi connectivity index (χ3n) is 2.89. The van der Waals surface area contributed by atoms with Crippen molar-refractivity contribution in [2.24, 2.45) is 0 Å². The van der Waals surface area contributed by atoms with E-state index in [0.29, 0.717) is 5.69 Å². The SMILES string of the molecule is CS(=O)(=O)c1cccc(-c2cnn(-c3cccnc3)c2)n1. The maximum Gasteiger partial charge on any atom is 0.192 e. The lowest BCUT2D eigenvalue weighted by molar-refractivity contribution is 0.598. The quantitative estimate of drug-likeness (QED) is 0.736. The molecule has 0 aliphatic carbocycles. The van der Waals surface area contributed by atoms with Crippen LogP contribution in [0.15, 0.2) is 60.1 Å². The normalized spacial score (nSPS) is 11.5. The Morgan fingerprint density at radius 1 is 1.10 bits per heavy atom. The molecule has 3 heterocycles. The zero-order valence-electron chi connectivity index (χ0n) is 11.2. The molecule has 3 aromatic heterocycles. The zero-order chi connectivity index (χ0) is 14.9. The molecule has 106 valence electrons. The van der Waals surface area contributed by atoms with E-state index in [4.69, 9.17) is 0 Å². The highest BCUT2D eigenvalue weighted by molar-refractivity contribution is 7.90. The van der Waals surface area contributed by atoms with Gasteiger partial charge in [-0.2, -0.15) is 5.10 Å². The van der Waals surface area contributed by atoms with Crippen molar-refractivity contribution in [1.29, 1.82) is 0 Å². The second-order valence-corrected chi connectivity index (χ2v) is 6.48. The van der Waals surface area contributed by atoms with Gasteiger partial charge in [-0.3, -0.25) is 4.98 Å².